The molecule has 0 N–H and O–H groups in total. The van der Waals surface area contributed by atoms with Gasteiger partial charge in [0.05, 0.1) is 42.9 Å². The summed E-state index contributed by atoms with van der Waals surface area (Å²) in [5.74, 6) is 1.37. The molecule has 61 heavy (non-hydrogen) atoms. The second-order valence-corrected chi connectivity index (χ2v) is 15.7. The van der Waals surface area contributed by atoms with E-state index >= 15 is 0 Å². The number of nitrogens with zero attached hydrogens (tertiary/aromatic N) is 3. The Bertz CT molecular complexity index is 2390. The van der Waals surface area contributed by atoms with Gasteiger partial charge >= 0.3 is 0 Å². The topological polar surface area (TPSA) is 201 Å². The average molecular weight is 842 g/mol. The third-order valence-electron chi connectivity index (χ3n) is 11.0. The lowest BCUT2D eigenvalue weighted by molar-refractivity contribution is 0.0850. The Kier molecular flexibility index (Phi) is 10.5. The first kappa shape index (κ1) is 39.0. The Hall–Kier alpha value is -4.93. The minimum absolute atomic E-state index is 0.176. The number of hydrogen-bond donors (Lipinski definition) is 0. The quantitative estimate of drug-likeness (QED) is 0.0337. The first-order chi connectivity index (χ1) is 29.9. The van der Waals surface area contributed by atoms with Crippen LogP contribution >= 0.6 is 0 Å². The van der Waals surface area contributed by atoms with Crippen LogP contribution < -0.4 is 24.6 Å². The predicted octanol–water partition coefficient (Wildman–Crippen LogP) is 6.06. The molecule has 0 radical (unpaired) electrons. The molecule has 0 unspecified atom stereocenters. The Morgan fingerprint density at radius 1 is 0.590 bits per heavy atom. The molecule has 8 aliphatic rings. The zero-order valence-corrected chi connectivity index (χ0v) is 33.4. The second-order valence-electron chi connectivity index (χ2n) is 15.7. The molecule has 6 fully saturated rings. The number of fused-ring (bicyclic) bond motifs is 2. The van der Waals surface area contributed by atoms with Gasteiger partial charge in [-0.05, 0) is 73.0 Å². The van der Waals surface area contributed by atoms with Crippen molar-refractivity contribution in [2.75, 3.05) is 55.7 Å². The lowest BCUT2D eigenvalue weighted by Crippen LogP contribution is -2.32. The zero-order chi connectivity index (χ0) is 40.9. The van der Waals surface area contributed by atoms with E-state index in [4.69, 9.17) is 77.5 Å². The van der Waals surface area contributed by atoms with Crippen LogP contribution in [0.15, 0.2) is 82.2 Å². The smallest absolute Gasteiger partial charge is 0.241 e. The van der Waals surface area contributed by atoms with Gasteiger partial charge in [-0.1, -0.05) is 24.3 Å². The van der Waals surface area contributed by atoms with Crippen LogP contribution in [0.4, 0.5) is 11.4 Å². The van der Waals surface area contributed by atoms with Crippen LogP contribution in [0.5, 0.6) is 11.5 Å². The summed E-state index contributed by atoms with van der Waals surface area (Å²) in [4.78, 5) is 70.2. The summed E-state index contributed by atoms with van der Waals surface area (Å²) in [7, 11) is 0. The average Bonchev–Trinajstić information content (AvgIpc) is 4.02. The second kappa shape index (κ2) is 16.4. The third kappa shape index (κ3) is 9.61. The van der Waals surface area contributed by atoms with Gasteiger partial charge in [0.1, 0.15) is 36.1 Å². The molecule has 320 valence electrons. The minimum atomic E-state index is -0.640. The van der Waals surface area contributed by atoms with E-state index in [1.807, 2.05) is 56.3 Å². The van der Waals surface area contributed by atoms with Crippen LogP contribution in [-0.4, -0.2) is 83.2 Å². The molecule has 0 atom stereocenters. The van der Waals surface area contributed by atoms with Gasteiger partial charge in [-0.15, -0.1) is 0 Å². The highest BCUT2D eigenvalue weighted by Crippen LogP contribution is 2.44. The van der Waals surface area contributed by atoms with Crippen LogP contribution in [0.2, 0.25) is 0 Å². The van der Waals surface area contributed by atoms with Crippen molar-refractivity contribution < 1.29 is 72.5 Å². The first-order valence-corrected chi connectivity index (χ1v) is 20.4. The first-order valence-electron chi connectivity index (χ1n) is 20.4. The van der Waals surface area contributed by atoms with Crippen molar-refractivity contribution in [1.82, 2.24) is 0 Å². The van der Waals surface area contributed by atoms with E-state index in [1.54, 1.807) is 0 Å². The normalized spacial score (nSPS) is 19.7. The molecule has 0 spiro atoms. The Morgan fingerprint density at radius 3 is 1.77 bits per heavy atom. The molecule has 3 aromatic rings. The SMILES string of the molecule is Cc1ccc(N(CC2OO2)CC2OO2)c(OCCOc2cc(-c3c4ccc(=NCCC5(CCC6OO6)OO5)cc-4oc4cc(C)ccc34)ccc2N(CC2OO2)CC2OO2)c1. The van der Waals surface area contributed by atoms with Gasteiger partial charge in [-0.2, -0.15) is 58.7 Å². The van der Waals surface area contributed by atoms with Crippen molar-refractivity contribution in [3.63, 3.8) is 0 Å². The van der Waals surface area contributed by atoms with Gasteiger partial charge in [0.2, 0.25) is 37.2 Å². The number of hydrogen-bond acceptors (Lipinski definition) is 18. The number of benzene rings is 4. The molecule has 0 aromatic heterocycles. The monoisotopic (exact) mass is 841 g/mol. The van der Waals surface area contributed by atoms with Gasteiger partial charge in [-0.3, -0.25) is 4.99 Å². The summed E-state index contributed by atoms with van der Waals surface area (Å²) in [5.41, 5.74) is 7.37. The van der Waals surface area contributed by atoms with Crippen molar-refractivity contribution in [2.24, 2.45) is 4.99 Å². The number of aryl methyl sites for hydroxylation is 2. The maximum Gasteiger partial charge on any atom is 0.241 e. The molecule has 18 nitrogen and oxygen atoms in total. The maximum atomic E-state index is 6.66. The third-order valence-corrected chi connectivity index (χ3v) is 11.0. The molecule has 3 aromatic carbocycles. The van der Waals surface area contributed by atoms with E-state index < -0.39 is 5.79 Å². The lowest BCUT2D eigenvalue weighted by Gasteiger charge is -2.26. The van der Waals surface area contributed by atoms with E-state index in [-0.39, 0.29) is 44.7 Å². The Labute approximate surface area is 348 Å². The van der Waals surface area contributed by atoms with Crippen molar-refractivity contribution in [3.8, 4) is 33.9 Å². The van der Waals surface area contributed by atoms with E-state index in [9.17, 15) is 0 Å². The van der Waals surface area contributed by atoms with Crippen molar-refractivity contribution in [3.05, 3.63) is 89.3 Å². The fourth-order valence-corrected chi connectivity index (χ4v) is 7.59. The largest absolute Gasteiger partial charge is 0.488 e. The van der Waals surface area contributed by atoms with E-state index in [2.05, 4.69) is 40.1 Å². The molecule has 6 saturated heterocycles. The maximum absolute atomic E-state index is 6.66. The van der Waals surface area contributed by atoms with Crippen LogP contribution in [-0.2, 0) is 58.7 Å². The molecule has 0 amide bonds. The molecular formula is C43H43N3O15. The van der Waals surface area contributed by atoms with Gasteiger partial charge in [0.25, 0.3) is 0 Å². The van der Waals surface area contributed by atoms with Crippen molar-refractivity contribution >= 4 is 22.3 Å². The predicted molar refractivity (Wildman–Crippen MR) is 209 cm³/mol. The summed E-state index contributed by atoms with van der Waals surface area (Å²) >= 11 is 0. The standard InChI is InChI=1S/C43H43N3O15/c1-25-3-7-29-33(17-25)49-34-20-28(44-14-13-43(60-61-43)12-11-37-50-51-37)6-8-30(34)42(29)27-5-10-32(46(23-40-56-57-40)24-41-58-59-41)36(19-27)48-16-15-47-35-18-26(2)4-9-31(35)45(21-38-52-53-38)22-39-54-55-39/h3-10,17-20,37-41H,11-16,21-24H2,1-2H3. The van der Waals surface area contributed by atoms with Gasteiger partial charge < -0.3 is 23.7 Å². The minimum Gasteiger partial charge on any atom is -0.488 e. The van der Waals surface area contributed by atoms with Crippen molar-refractivity contribution in [1.29, 1.82) is 0 Å². The lowest BCUT2D eigenvalue weighted by atomic mass is 9.93. The fraction of sp³-hybridized carbons (Fsp3) is 0.419. The molecule has 0 saturated carbocycles. The van der Waals surface area contributed by atoms with Crippen molar-refractivity contribution in [2.45, 2.75) is 70.3 Å². The van der Waals surface area contributed by atoms with E-state index in [1.165, 1.54) is 0 Å². The van der Waals surface area contributed by atoms with E-state index in [0.29, 0.717) is 69.2 Å². The number of anilines is 2. The molecular weight excluding hydrogens is 798 g/mol. The molecule has 0 bridgehead atoms. The Balaban J connectivity index is 0.890. The molecule has 7 aliphatic heterocycles. The molecule has 1 aliphatic carbocycles. The summed E-state index contributed by atoms with van der Waals surface area (Å²) in [5, 5.41) is 1.74. The van der Waals surface area contributed by atoms with Gasteiger partial charge in [0.15, 0.2) is 0 Å². The summed E-state index contributed by atoms with van der Waals surface area (Å²) in [6.07, 6.45) is 0.358. The van der Waals surface area contributed by atoms with Gasteiger partial charge in [-0.25, -0.2) is 0 Å². The molecule has 18 heteroatoms. The van der Waals surface area contributed by atoms with E-state index in [0.717, 1.165) is 55.5 Å². The summed E-state index contributed by atoms with van der Waals surface area (Å²) < 4.78 is 19.7. The van der Waals surface area contributed by atoms with Crippen LogP contribution in [0.1, 0.15) is 30.4 Å². The highest BCUT2D eigenvalue weighted by atomic mass is 17.4. The van der Waals surface area contributed by atoms with Crippen LogP contribution in [0.3, 0.4) is 0 Å². The molecule has 11 rings (SSSR count). The fourth-order valence-electron chi connectivity index (χ4n) is 7.59. The molecule has 7 heterocycles. The highest BCUT2D eigenvalue weighted by Gasteiger charge is 2.49. The van der Waals surface area contributed by atoms with Crippen LogP contribution in [0.25, 0.3) is 33.4 Å². The summed E-state index contributed by atoms with van der Waals surface area (Å²) in [6, 6.07) is 24.5. The summed E-state index contributed by atoms with van der Waals surface area (Å²) in [6.45, 7) is 6.88. The number of ether oxygens (including phenoxy) is 2. The Morgan fingerprint density at radius 2 is 1.16 bits per heavy atom. The van der Waals surface area contributed by atoms with Gasteiger partial charge in [0, 0.05) is 48.4 Å². The highest BCUT2D eigenvalue weighted by molar-refractivity contribution is 6.02. The number of rotatable bonds is 22. The van der Waals surface area contributed by atoms with Crippen LogP contribution in [0, 0.1) is 13.8 Å². The zero-order valence-electron chi connectivity index (χ0n) is 33.4.